The maximum atomic E-state index is 11.5. The minimum Gasteiger partial charge on any atom is -0.493 e. The largest absolute Gasteiger partial charge is 0.493 e. The smallest absolute Gasteiger partial charge is 0.305 e. The van der Waals surface area contributed by atoms with Gasteiger partial charge in [-0.2, -0.15) is 4.98 Å². The Morgan fingerprint density at radius 2 is 1.68 bits per heavy atom. The third-order valence-electron chi connectivity index (χ3n) is 4.98. The molecule has 1 aromatic carbocycles. The number of benzene rings is 1. The summed E-state index contributed by atoms with van der Waals surface area (Å²) >= 11 is 0. The summed E-state index contributed by atoms with van der Waals surface area (Å²) in [5.74, 6) is 1.45. The molecule has 1 aromatic heterocycles. The van der Waals surface area contributed by atoms with Crippen molar-refractivity contribution in [2.24, 2.45) is 0 Å². The van der Waals surface area contributed by atoms with Crippen LogP contribution >= 0.6 is 0 Å². The van der Waals surface area contributed by atoms with E-state index in [-0.39, 0.29) is 11.9 Å². The molecule has 0 aliphatic carbocycles. The lowest BCUT2D eigenvalue weighted by atomic mass is 9.95. The lowest BCUT2D eigenvalue weighted by molar-refractivity contribution is -0.143. The molecule has 0 saturated carbocycles. The SMILES string of the molecule is CCCc1cc(Cc2cnc(N)nc2N)cc(CCC)c1OCCCCC(=O)OCC. The maximum Gasteiger partial charge on any atom is 0.305 e. The van der Waals surface area contributed by atoms with E-state index in [4.69, 9.17) is 20.9 Å². The fourth-order valence-electron chi connectivity index (χ4n) is 3.59. The number of unbranched alkanes of at least 4 members (excludes halogenated alkanes) is 1. The predicted molar refractivity (Wildman–Crippen MR) is 124 cm³/mol. The molecular formula is C24H36N4O3. The summed E-state index contributed by atoms with van der Waals surface area (Å²) in [7, 11) is 0. The number of nitrogen functional groups attached to an aromatic ring is 2. The number of esters is 1. The molecule has 0 saturated heterocycles. The first kappa shape index (κ1) is 24.4. The minimum atomic E-state index is -0.142. The number of hydrogen-bond acceptors (Lipinski definition) is 7. The zero-order valence-corrected chi connectivity index (χ0v) is 19.1. The van der Waals surface area contributed by atoms with Crippen LogP contribution in [0, 0.1) is 0 Å². The fraction of sp³-hybridized carbons (Fsp3) is 0.542. The number of carbonyl (C=O) groups excluding carboxylic acids is 1. The van der Waals surface area contributed by atoms with Gasteiger partial charge in [-0.3, -0.25) is 4.79 Å². The quantitative estimate of drug-likeness (QED) is 0.362. The van der Waals surface area contributed by atoms with Crippen LogP contribution in [0.15, 0.2) is 18.3 Å². The van der Waals surface area contributed by atoms with E-state index in [1.165, 1.54) is 16.7 Å². The van der Waals surface area contributed by atoms with Gasteiger partial charge in [-0.05, 0) is 49.3 Å². The molecule has 4 N–H and O–H groups in total. The topological polar surface area (TPSA) is 113 Å². The van der Waals surface area contributed by atoms with Gasteiger partial charge < -0.3 is 20.9 Å². The van der Waals surface area contributed by atoms with Crippen LogP contribution in [0.4, 0.5) is 11.8 Å². The van der Waals surface area contributed by atoms with Gasteiger partial charge in [0.15, 0.2) is 0 Å². The van der Waals surface area contributed by atoms with Crippen LogP contribution in [0.5, 0.6) is 5.75 Å². The number of ether oxygens (including phenoxy) is 2. The second kappa shape index (κ2) is 12.8. The highest BCUT2D eigenvalue weighted by Gasteiger charge is 2.14. The first-order chi connectivity index (χ1) is 15.0. The van der Waals surface area contributed by atoms with Gasteiger partial charge in [0, 0.05) is 24.6 Å². The van der Waals surface area contributed by atoms with Crippen molar-refractivity contribution in [2.45, 2.75) is 72.1 Å². The number of rotatable bonds is 13. The molecular weight excluding hydrogens is 392 g/mol. The monoisotopic (exact) mass is 428 g/mol. The van der Waals surface area contributed by atoms with Crippen LogP contribution in [0.3, 0.4) is 0 Å². The molecule has 31 heavy (non-hydrogen) atoms. The van der Waals surface area contributed by atoms with Crippen LogP contribution in [0.25, 0.3) is 0 Å². The maximum absolute atomic E-state index is 11.5. The Hall–Kier alpha value is -2.83. The van der Waals surface area contributed by atoms with Gasteiger partial charge in [0.05, 0.1) is 13.2 Å². The Labute approximate surface area is 185 Å². The van der Waals surface area contributed by atoms with Crippen molar-refractivity contribution in [1.82, 2.24) is 9.97 Å². The standard InChI is InChI=1S/C24H36N4O3/c1-4-9-18-13-17(15-20-16-27-24(26)28-23(20)25)14-19(10-5-2)22(18)31-12-8-7-11-21(29)30-6-3/h13-14,16H,4-12,15H2,1-3H3,(H4,25,26,27,28). The molecule has 170 valence electrons. The van der Waals surface area contributed by atoms with Crippen molar-refractivity contribution >= 4 is 17.7 Å². The normalized spacial score (nSPS) is 10.8. The summed E-state index contributed by atoms with van der Waals surface area (Å²) in [5, 5.41) is 0. The van der Waals surface area contributed by atoms with E-state index < -0.39 is 0 Å². The van der Waals surface area contributed by atoms with Gasteiger partial charge in [-0.1, -0.05) is 38.8 Å². The first-order valence-corrected chi connectivity index (χ1v) is 11.3. The Morgan fingerprint density at radius 1 is 1.00 bits per heavy atom. The average molecular weight is 429 g/mol. The molecule has 7 nitrogen and oxygen atoms in total. The van der Waals surface area contributed by atoms with Crippen molar-refractivity contribution in [3.05, 3.63) is 40.6 Å². The number of aromatic nitrogens is 2. The fourth-order valence-corrected chi connectivity index (χ4v) is 3.59. The molecule has 0 spiro atoms. The first-order valence-electron chi connectivity index (χ1n) is 11.3. The Kier molecular flexibility index (Phi) is 10.1. The second-order valence-corrected chi connectivity index (χ2v) is 7.67. The lowest BCUT2D eigenvalue weighted by Gasteiger charge is -2.18. The van der Waals surface area contributed by atoms with Crippen LogP contribution in [-0.2, 0) is 28.8 Å². The highest BCUT2D eigenvalue weighted by molar-refractivity contribution is 5.69. The van der Waals surface area contributed by atoms with E-state index in [1.807, 2.05) is 6.92 Å². The Morgan fingerprint density at radius 3 is 2.26 bits per heavy atom. The third kappa shape index (κ3) is 7.74. The van der Waals surface area contributed by atoms with Gasteiger partial charge in [0.25, 0.3) is 0 Å². The molecule has 1 heterocycles. The zero-order valence-electron chi connectivity index (χ0n) is 19.1. The van der Waals surface area contributed by atoms with E-state index in [1.54, 1.807) is 6.20 Å². The second-order valence-electron chi connectivity index (χ2n) is 7.67. The van der Waals surface area contributed by atoms with Crippen LogP contribution < -0.4 is 16.2 Å². The molecule has 7 heteroatoms. The van der Waals surface area contributed by atoms with Gasteiger partial charge in [0.1, 0.15) is 11.6 Å². The number of hydrogen-bond donors (Lipinski definition) is 2. The molecule has 0 unspecified atom stereocenters. The molecule has 0 radical (unpaired) electrons. The number of anilines is 2. The van der Waals surface area contributed by atoms with E-state index in [0.717, 1.165) is 49.8 Å². The Balaban J connectivity index is 2.15. The van der Waals surface area contributed by atoms with Gasteiger partial charge >= 0.3 is 5.97 Å². The molecule has 0 amide bonds. The zero-order chi connectivity index (χ0) is 22.6. The molecule has 0 aliphatic rings. The summed E-state index contributed by atoms with van der Waals surface area (Å²) in [6.45, 7) is 7.17. The lowest BCUT2D eigenvalue weighted by Crippen LogP contribution is -2.08. The van der Waals surface area contributed by atoms with Crippen LogP contribution in [-0.4, -0.2) is 29.2 Å². The van der Waals surface area contributed by atoms with Crippen LogP contribution in [0.1, 0.15) is 75.1 Å². The molecule has 0 aliphatic heterocycles. The van der Waals surface area contributed by atoms with E-state index in [0.29, 0.717) is 31.9 Å². The van der Waals surface area contributed by atoms with Gasteiger partial charge in [-0.15, -0.1) is 0 Å². The summed E-state index contributed by atoms with van der Waals surface area (Å²) in [6.07, 6.45) is 8.31. The van der Waals surface area contributed by atoms with Gasteiger partial charge in [-0.25, -0.2) is 4.98 Å². The molecule has 2 aromatic rings. The van der Waals surface area contributed by atoms with Crippen molar-refractivity contribution < 1.29 is 14.3 Å². The molecule has 0 fully saturated rings. The third-order valence-corrected chi connectivity index (χ3v) is 4.98. The number of carbonyl (C=O) groups is 1. The van der Waals surface area contributed by atoms with E-state index in [9.17, 15) is 4.79 Å². The van der Waals surface area contributed by atoms with E-state index in [2.05, 4.69) is 35.9 Å². The molecule has 0 bridgehead atoms. The van der Waals surface area contributed by atoms with Crippen molar-refractivity contribution in [3.8, 4) is 5.75 Å². The van der Waals surface area contributed by atoms with Crippen molar-refractivity contribution in [1.29, 1.82) is 0 Å². The van der Waals surface area contributed by atoms with Crippen LogP contribution in [0.2, 0.25) is 0 Å². The van der Waals surface area contributed by atoms with Gasteiger partial charge in [0.2, 0.25) is 5.95 Å². The van der Waals surface area contributed by atoms with Crippen molar-refractivity contribution in [3.63, 3.8) is 0 Å². The highest BCUT2D eigenvalue weighted by Crippen LogP contribution is 2.30. The Bertz CT molecular complexity index is 828. The molecule has 0 atom stereocenters. The average Bonchev–Trinajstić information content (AvgIpc) is 2.72. The highest BCUT2D eigenvalue weighted by atomic mass is 16.5. The summed E-state index contributed by atoms with van der Waals surface area (Å²) in [6, 6.07) is 4.40. The number of aryl methyl sites for hydroxylation is 2. The number of nitrogens with zero attached hydrogens (tertiary/aromatic N) is 2. The minimum absolute atomic E-state index is 0.142. The van der Waals surface area contributed by atoms with Crippen molar-refractivity contribution in [2.75, 3.05) is 24.7 Å². The number of nitrogens with two attached hydrogens (primary N) is 2. The summed E-state index contributed by atoms with van der Waals surface area (Å²) in [5.41, 5.74) is 16.1. The summed E-state index contributed by atoms with van der Waals surface area (Å²) < 4.78 is 11.2. The molecule has 2 rings (SSSR count). The van der Waals surface area contributed by atoms with E-state index >= 15 is 0 Å². The summed E-state index contributed by atoms with van der Waals surface area (Å²) in [4.78, 5) is 19.7. The predicted octanol–water partition coefficient (Wildman–Crippen LogP) is 4.25.